The topological polar surface area (TPSA) is 37.3 Å². The molecule has 0 saturated carbocycles. The molecule has 24 heavy (non-hydrogen) atoms. The van der Waals surface area contributed by atoms with E-state index in [9.17, 15) is 4.79 Å². The Balaban J connectivity index is 1.85. The second-order valence-corrected chi connectivity index (χ2v) is 6.73. The van der Waals surface area contributed by atoms with Crippen LogP contribution >= 0.6 is 0 Å². The van der Waals surface area contributed by atoms with Crippen LogP contribution in [0.4, 0.5) is 10.5 Å². The second-order valence-electron chi connectivity index (χ2n) is 6.73. The maximum atomic E-state index is 12.9. The number of hydrogen-bond acceptors (Lipinski definition) is 1. The van der Waals surface area contributed by atoms with E-state index in [4.69, 9.17) is 0 Å². The maximum Gasteiger partial charge on any atom is 0.322 e. The van der Waals surface area contributed by atoms with Crippen molar-refractivity contribution in [1.29, 1.82) is 0 Å². The number of nitrogens with zero attached hydrogens (tertiary/aromatic N) is 2. The van der Waals surface area contributed by atoms with Crippen LogP contribution in [0.3, 0.4) is 0 Å². The van der Waals surface area contributed by atoms with E-state index in [1.165, 1.54) is 17.0 Å². The first-order valence-electron chi connectivity index (χ1n) is 8.82. The lowest BCUT2D eigenvalue weighted by Gasteiger charge is -2.37. The van der Waals surface area contributed by atoms with E-state index in [-0.39, 0.29) is 12.1 Å². The first-order chi connectivity index (χ1) is 11.5. The summed E-state index contributed by atoms with van der Waals surface area (Å²) in [6.45, 7) is 10.1. The van der Waals surface area contributed by atoms with Crippen LogP contribution in [0.2, 0.25) is 0 Å². The fraction of sp³-hybridized carbons (Fsp3) is 0.450. The van der Waals surface area contributed by atoms with Gasteiger partial charge in [-0.25, -0.2) is 4.79 Å². The summed E-state index contributed by atoms with van der Waals surface area (Å²) in [4.78, 5) is 14.9. The number of amides is 2. The van der Waals surface area contributed by atoms with Gasteiger partial charge in [-0.15, -0.1) is 0 Å². The van der Waals surface area contributed by atoms with Crippen molar-refractivity contribution in [3.05, 3.63) is 52.8 Å². The van der Waals surface area contributed by atoms with Crippen molar-refractivity contribution in [3.63, 3.8) is 0 Å². The van der Waals surface area contributed by atoms with E-state index < -0.39 is 0 Å². The number of anilines is 1. The predicted molar refractivity (Wildman–Crippen MR) is 98.5 cm³/mol. The molecule has 0 unspecified atom stereocenters. The molecule has 1 aliphatic heterocycles. The molecule has 1 aromatic heterocycles. The molecule has 1 aromatic carbocycles. The number of aromatic nitrogens is 1. The molecule has 4 heteroatoms. The van der Waals surface area contributed by atoms with Gasteiger partial charge in [-0.3, -0.25) is 0 Å². The van der Waals surface area contributed by atoms with Crippen molar-refractivity contribution in [1.82, 2.24) is 9.47 Å². The highest BCUT2D eigenvalue weighted by atomic mass is 16.2. The highest BCUT2D eigenvalue weighted by molar-refractivity contribution is 5.90. The smallest absolute Gasteiger partial charge is 0.322 e. The Morgan fingerprint density at radius 3 is 2.71 bits per heavy atom. The summed E-state index contributed by atoms with van der Waals surface area (Å²) in [5.74, 6) is 0. The standard InChI is InChI=1S/C20H27N3O/c1-5-7-18-19-11-10-15(3)22(19)12-13-23(18)20(24)21-17-9-6-8-14(2)16(17)4/h6,8-11,18H,5,7,12-13H2,1-4H3,(H,21,24)/t18-/m0/s1. The van der Waals surface area contributed by atoms with Gasteiger partial charge in [-0.1, -0.05) is 25.5 Å². The van der Waals surface area contributed by atoms with Crippen molar-refractivity contribution in [3.8, 4) is 0 Å². The van der Waals surface area contributed by atoms with Crippen LogP contribution in [0.25, 0.3) is 0 Å². The summed E-state index contributed by atoms with van der Waals surface area (Å²) < 4.78 is 2.35. The third-order valence-electron chi connectivity index (χ3n) is 5.18. The van der Waals surface area contributed by atoms with Crippen LogP contribution in [0.5, 0.6) is 0 Å². The lowest BCUT2D eigenvalue weighted by atomic mass is 10.0. The third kappa shape index (κ3) is 2.93. The molecule has 3 rings (SSSR count). The molecule has 0 aliphatic carbocycles. The quantitative estimate of drug-likeness (QED) is 0.864. The Bertz CT molecular complexity index is 747. The monoisotopic (exact) mass is 325 g/mol. The minimum atomic E-state index is 0.00672. The van der Waals surface area contributed by atoms with Crippen molar-refractivity contribution in [2.24, 2.45) is 0 Å². The molecule has 0 saturated heterocycles. The molecule has 0 radical (unpaired) electrons. The zero-order valence-electron chi connectivity index (χ0n) is 15.1. The lowest BCUT2D eigenvalue weighted by Crippen LogP contribution is -2.44. The number of benzene rings is 1. The molecule has 0 bridgehead atoms. The molecule has 1 aliphatic rings. The molecule has 2 heterocycles. The number of nitrogens with one attached hydrogen (secondary N) is 1. The van der Waals surface area contributed by atoms with Crippen LogP contribution in [-0.4, -0.2) is 22.0 Å². The normalized spacial score (nSPS) is 16.8. The molecule has 0 spiro atoms. The van der Waals surface area contributed by atoms with Gasteiger partial charge in [0.25, 0.3) is 0 Å². The molecule has 4 nitrogen and oxygen atoms in total. The Labute approximate surface area is 144 Å². The molecule has 1 atom stereocenters. The van der Waals surface area contributed by atoms with E-state index in [1.54, 1.807) is 0 Å². The number of aryl methyl sites for hydroxylation is 2. The summed E-state index contributed by atoms with van der Waals surface area (Å²) in [7, 11) is 0. The number of carbonyl (C=O) groups is 1. The third-order valence-corrected chi connectivity index (χ3v) is 5.18. The average Bonchev–Trinajstić information content (AvgIpc) is 2.94. The molecular weight excluding hydrogens is 298 g/mol. The van der Waals surface area contributed by atoms with E-state index >= 15 is 0 Å². The largest absolute Gasteiger partial charge is 0.345 e. The highest BCUT2D eigenvalue weighted by Crippen LogP contribution is 2.32. The van der Waals surface area contributed by atoms with Crippen LogP contribution in [-0.2, 0) is 6.54 Å². The number of carbonyl (C=O) groups excluding carboxylic acids is 1. The van der Waals surface area contributed by atoms with Gasteiger partial charge in [0.1, 0.15) is 0 Å². The van der Waals surface area contributed by atoms with Gasteiger partial charge in [0.15, 0.2) is 0 Å². The minimum Gasteiger partial charge on any atom is -0.345 e. The second kappa shape index (κ2) is 6.71. The van der Waals surface area contributed by atoms with E-state index in [2.05, 4.69) is 55.8 Å². The summed E-state index contributed by atoms with van der Waals surface area (Å²) in [5, 5.41) is 3.12. The highest BCUT2D eigenvalue weighted by Gasteiger charge is 2.31. The molecule has 1 N–H and O–H groups in total. The zero-order valence-corrected chi connectivity index (χ0v) is 15.1. The van der Waals surface area contributed by atoms with Crippen LogP contribution in [0, 0.1) is 20.8 Å². The van der Waals surface area contributed by atoms with Crippen molar-refractivity contribution >= 4 is 11.7 Å². The number of urea groups is 1. The fourth-order valence-corrected chi connectivity index (χ4v) is 3.60. The van der Waals surface area contributed by atoms with Crippen molar-refractivity contribution in [2.45, 2.75) is 53.1 Å². The first-order valence-corrected chi connectivity index (χ1v) is 8.82. The van der Waals surface area contributed by atoms with E-state index in [1.807, 2.05) is 17.0 Å². The van der Waals surface area contributed by atoms with E-state index in [0.29, 0.717) is 0 Å². The summed E-state index contributed by atoms with van der Waals surface area (Å²) in [5.41, 5.74) is 5.78. The Kier molecular flexibility index (Phi) is 4.65. The predicted octanol–water partition coefficient (Wildman–Crippen LogP) is 4.80. The minimum absolute atomic E-state index is 0.00672. The molecule has 0 fully saturated rings. The summed E-state index contributed by atoms with van der Waals surface area (Å²) >= 11 is 0. The van der Waals surface area contributed by atoms with Gasteiger partial charge in [0.2, 0.25) is 0 Å². The molecule has 2 amide bonds. The number of hydrogen-bond donors (Lipinski definition) is 1. The molecular formula is C20H27N3O. The average molecular weight is 325 g/mol. The van der Waals surface area contributed by atoms with Gasteiger partial charge in [-0.2, -0.15) is 0 Å². The zero-order chi connectivity index (χ0) is 17.3. The summed E-state index contributed by atoms with van der Waals surface area (Å²) in [6.07, 6.45) is 2.05. The van der Waals surface area contributed by atoms with Gasteiger partial charge in [0.05, 0.1) is 6.04 Å². The van der Waals surface area contributed by atoms with Gasteiger partial charge < -0.3 is 14.8 Å². The Morgan fingerprint density at radius 2 is 1.96 bits per heavy atom. The molecule has 2 aromatic rings. The van der Waals surface area contributed by atoms with Gasteiger partial charge in [0, 0.05) is 30.2 Å². The van der Waals surface area contributed by atoms with Crippen LogP contribution in [0.15, 0.2) is 30.3 Å². The van der Waals surface area contributed by atoms with Crippen molar-refractivity contribution in [2.75, 3.05) is 11.9 Å². The van der Waals surface area contributed by atoms with Crippen molar-refractivity contribution < 1.29 is 4.79 Å². The number of fused-ring (bicyclic) bond motifs is 1. The van der Waals surface area contributed by atoms with Crippen LogP contribution < -0.4 is 5.32 Å². The Morgan fingerprint density at radius 1 is 1.17 bits per heavy atom. The van der Waals surface area contributed by atoms with E-state index in [0.717, 1.165) is 37.2 Å². The van der Waals surface area contributed by atoms with Gasteiger partial charge >= 0.3 is 6.03 Å². The molecule has 128 valence electrons. The summed E-state index contributed by atoms with van der Waals surface area (Å²) in [6, 6.07) is 10.5. The number of rotatable bonds is 3. The fourth-order valence-electron chi connectivity index (χ4n) is 3.60. The SMILES string of the molecule is CCC[C@H]1c2ccc(C)n2CCN1C(=O)Nc1cccc(C)c1C. The van der Waals surface area contributed by atoms with Gasteiger partial charge in [-0.05, 0) is 56.5 Å². The lowest BCUT2D eigenvalue weighted by molar-refractivity contribution is 0.162. The Hall–Kier alpha value is -2.23. The van der Waals surface area contributed by atoms with Crippen LogP contribution in [0.1, 0.15) is 48.3 Å². The maximum absolute atomic E-state index is 12.9. The first kappa shape index (κ1) is 16.6.